The Bertz CT molecular complexity index is 861. The van der Waals surface area contributed by atoms with Crippen molar-refractivity contribution in [3.05, 3.63) is 53.3 Å². The topological polar surface area (TPSA) is 91.1 Å². The van der Waals surface area contributed by atoms with E-state index in [0.717, 1.165) is 29.0 Å². The highest BCUT2D eigenvalue weighted by Gasteiger charge is 2.08. The Kier molecular flexibility index (Phi) is 8.93. The first-order valence-corrected chi connectivity index (χ1v) is 10.8. The van der Waals surface area contributed by atoms with Crippen LogP contribution in [-0.4, -0.2) is 32.6 Å². The zero-order valence-corrected chi connectivity index (χ0v) is 21.0. The second-order valence-corrected chi connectivity index (χ2v) is 8.68. The second kappa shape index (κ2) is 10.9. The van der Waals surface area contributed by atoms with Gasteiger partial charge in [-0.05, 0) is 56.1 Å². The zero-order chi connectivity index (χ0) is 20.7. The molecule has 7 nitrogen and oxygen atoms in total. The molecule has 2 rings (SSSR count). The van der Waals surface area contributed by atoms with Gasteiger partial charge in [0.1, 0.15) is 11.5 Å². The fourth-order valence-corrected chi connectivity index (χ4v) is 4.98. The summed E-state index contributed by atoms with van der Waals surface area (Å²) >= 11 is 13.7. The minimum atomic E-state index is -0.103. The lowest BCUT2D eigenvalue weighted by atomic mass is 10.2. The molecule has 0 fully saturated rings. The summed E-state index contributed by atoms with van der Waals surface area (Å²) in [6.07, 6.45) is 3.09. The van der Waals surface area contributed by atoms with Crippen LogP contribution in [-0.2, 0) is 0 Å². The minimum absolute atomic E-state index is 0.103. The fraction of sp³-hybridized carbons (Fsp3) is 0.118. The van der Waals surface area contributed by atoms with E-state index in [1.807, 2.05) is 24.3 Å². The van der Waals surface area contributed by atoms with Gasteiger partial charge in [0.05, 0.1) is 35.6 Å². The number of halogens is 4. The van der Waals surface area contributed by atoms with Crippen LogP contribution in [0.25, 0.3) is 0 Å². The van der Waals surface area contributed by atoms with Crippen molar-refractivity contribution in [1.29, 1.82) is 5.41 Å². The van der Waals surface area contributed by atoms with Gasteiger partial charge >= 0.3 is 0 Å². The van der Waals surface area contributed by atoms with E-state index in [1.165, 1.54) is 0 Å². The van der Waals surface area contributed by atoms with E-state index in [4.69, 9.17) is 14.9 Å². The predicted molar refractivity (Wildman–Crippen MR) is 126 cm³/mol. The number of benzene rings is 2. The Balaban J connectivity index is 2.01. The lowest BCUT2D eigenvalue weighted by molar-refractivity contribution is 0.411. The smallest absolute Gasteiger partial charge is 0.230 e. The van der Waals surface area contributed by atoms with Crippen LogP contribution in [0.3, 0.4) is 0 Å². The molecule has 148 valence electrons. The monoisotopic (exact) mass is 637 g/mol. The molecule has 0 aliphatic heterocycles. The maximum Gasteiger partial charge on any atom is 0.230 e. The lowest BCUT2D eigenvalue weighted by Gasteiger charge is -2.08. The Labute approximate surface area is 196 Å². The molecule has 2 aromatic carbocycles. The standard InChI is InChI=1S/C17H15Br4N5O2/c1-27-15-9(3-11(18)5-13(15)20)7-23-25-17(22)26-24-8-10-4-12(19)6-14(21)16(10)28-2/h3-8H,1-2H3,(H3,22,25,26). The molecule has 0 spiro atoms. The molecule has 28 heavy (non-hydrogen) atoms. The molecule has 0 aromatic heterocycles. The summed E-state index contributed by atoms with van der Waals surface area (Å²) in [6.45, 7) is 0. The Morgan fingerprint density at radius 2 is 1.21 bits per heavy atom. The largest absolute Gasteiger partial charge is 0.495 e. The van der Waals surface area contributed by atoms with Crippen LogP contribution in [0, 0.1) is 5.41 Å². The van der Waals surface area contributed by atoms with Gasteiger partial charge in [-0.1, -0.05) is 31.9 Å². The summed E-state index contributed by atoms with van der Waals surface area (Å²) in [5.41, 5.74) is 6.57. The average molecular weight is 641 g/mol. The summed E-state index contributed by atoms with van der Waals surface area (Å²) in [5.74, 6) is 1.17. The molecule has 0 atom stereocenters. The highest BCUT2D eigenvalue weighted by Crippen LogP contribution is 2.32. The van der Waals surface area contributed by atoms with E-state index < -0.39 is 0 Å². The third-order valence-corrected chi connectivity index (χ3v) is 5.34. The number of hydrazone groups is 2. The maximum atomic E-state index is 7.84. The van der Waals surface area contributed by atoms with Gasteiger partial charge < -0.3 is 9.47 Å². The van der Waals surface area contributed by atoms with Crippen LogP contribution in [0.1, 0.15) is 11.1 Å². The van der Waals surface area contributed by atoms with Crippen LogP contribution in [0.2, 0.25) is 0 Å². The molecule has 11 heteroatoms. The van der Waals surface area contributed by atoms with Gasteiger partial charge in [0.25, 0.3) is 0 Å². The number of hydrogen-bond acceptors (Lipinski definition) is 5. The summed E-state index contributed by atoms with van der Waals surface area (Å²) in [5, 5.41) is 15.9. The summed E-state index contributed by atoms with van der Waals surface area (Å²) < 4.78 is 14.0. The van der Waals surface area contributed by atoms with Crippen LogP contribution in [0.5, 0.6) is 11.5 Å². The molecule has 0 saturated carbocycles. The molecule has 0 aliphatic carbocycles. The highest BCUT2D eigenvalue weighted by atomic mass is 79.9. The van der Waals surface area contributed by atoms with E-state index in [9.17, 15) is 0 Å². The van der Waals surface area contributed by atoms with Crippen molar-refractivity contribution in [2.24, 2.45) is 10.2 Å². The number of guanidine groups is 1. The molecular formula is C17H15Br4N5O2. The van der Waals surface area contributed by atoms with Gasteiger partial charge in [0.15, 0.2) is 0 Å². The number of hydrogen-bond donors (Lipinski definition) is 3. The molecule has 0 radical (unpaired) electrons. The van der Waals surface area contributed by atoms with E-state index >= 15 is 0 Å². The van der Waals surface area contributed by atoms with E-state index in [-0.39, 0.29) is 5.96 Å². The van der Waals surface area contributed by atoms with Gasteiger partial charge in [-0.2, -0.15) is 10.2 Å². The summed E-state index contributed by atoms with van der Waals surface area (Å²) in [4.78, 5) is 0. The number of methoxy groups -OCH3 is 2. The van der Waals surface area contributed by atoms with E-state index in [2.05, 4.69) is 84.8 Å². The highest BCUT2D eigenvalue weighted by molar-refractivity contribution is 9.11. The average Bonchev–Trinajstić information content (AvgIpc) is 2.61. The van der Waals surface area contributed by atoms with Crippen molar-refractivity contribution in [3.63, 3.8) is 0 Å². The van der Waals surface area contributed by atoms with Crippen LogP contribution in [0.4, 0.5) is 0 Å². The third kappa shape index (κ3) is 6.29. The zero-order valence-electron chi connectivity index (χ0n) is 14.7. The minimum Gasteiger partial charge on any atom is -0.495 e. The molecule has 3 N–H and O–H groups in total. The first-order valence-electron chi connectivity index (χ1n) is 7.58. The van der Waals surface area contributed by atoms with Crippen LogP contribution >= 0.6 is 63.7 Å². The SMILES string of the molecule is COc1c(Br)cc(Br)cc1C=NNC(=N)NN=Cc1cc(Br)cc(Br)c1OC. The normalized spacial score (nSPS) is 11.1. The third-order valence-electron chi connectivity index (χ3n) is 3.24. The maximum absolute atomic E-state index is 7.84. The van der Waals surface area contributed by atoms with Gasteiger partial charge in [0.2, 0.25) is 5.96 Å². The van der Waals surface area contributed by atoms with Crippen LogP contribution < -0.4 is 20.3 Å². The second-order valence-electron chi connectivity index (χ2n) is 5.14. The van der Waals surface area contributed by atoms with Crippen molar-refractivity contribution in [2.75, 3.05) is 14.2 Å². The molecule has 0 bridgehead atoms. The molecule has 2 aromatic rings. The summed E-state index contributed by atoms with van der Waals surface area (Å²) in [7, 11) is 3.15. The lowest BCUT2D eigenvalue weighted by Crippen LogP contribution is -2.29. The first kappa shape index (κ1) is 22.9. The molecule has 0 aliphatic rings. The van der Waals surface area contributed by atoms with Crippen molar-refractivity contribution in [1.82, 2.24) is 10.9 Å². The Hall–Kier alpha value is -1.43. The molecule has 0 unspecified atom stereocenters. The molecular weight excluding hydrogens is 626 g/mol. The first-order chi connectivity index (χ1) is 13.3. The Morgan fingerprint density at radius 3 is 1.57 bits per heavy atom. The number of nitrogens with one attached hydrogen (secondary N) is 3. The quantitative estimate of drug-likeness (QED) is 0.229. The van der Waals surface area contributed by atoms with Gasteiger partial charge in [-0.3, -0.25) is 5.41 Å². The molecule has 0 heterocycles. The van der Waals surface area contributed by atoms with Gasteiger partial charge in [0, 0.05) is 20.1 Å². The van der Waals surface area contributed by atoms with Crippen molar-refractivity contribution in [2.45, 2.75) is 0 Å². The molecule has 0 saturated heterocycles. The Morgan fingerprint density at radius 1 is 0.821 bits per heavy atom. The molecule has 0 amide bonds. The fourth-order valence-electron chi connectivity index (χ4n) is 2.14. The van der Waals surface area contributed by atoms with Crippen molar-refractivity contribution in [3.8, 4) is 11.5 Å². The number of nitrogens with zero attached hydrogens (tertiary/aromatic N) is 2. The van der Waals surface area contributed by atoms with E-state index in [0.29, 0.717) is 11.5 Å². The summed E-state index contributed by atoms with van der Waals surface area (Å²) in [6, 6.07) is 7.44. The number of ether oxygens (including phenoxy) is 2. The van der Waals surface area contributed by atoms with Gasteiger partial charge in [-0.15, -0.1) is 0 Å². The predicted octanol–water partition coefficient (Wildman–Crippen LogP) is 5.24. The van der Waals surface area contributed by atoms with E-state index in [1.54, 1.807) is 26.6 Å². The number of rotatable bonds is 6. The van der Waals surface area contributed by atoms with Crippen LogP contribution in [0.15, 0.2) is 52.4 Å². The van der Waals surface area contributed by atoms with Crippen molar-refractivity contribution < 1.29 is 9.47 Å². The van der Waals surface area contributed by atoms with Crippen molar-refractivity contribution >= 4 is 82.1 Å². The van der Waals surface area contributed by atoms with Gasteiger partial charge in [-0.25, -0.2) is 10.9 Å².